The van der Waals surface area contributed by atoms with Crippen LogP contribution in [0.2, 0.25) is 0 Å². The second-order valence-corrected chi connectivity index (χ2v) is 6.94. The van der Waals surface area contributed by atoms with E-state index >= 15 is 0 Å². The molecule has 5 heteroatoms. The van der Waals surface area contributed by atoms with Gasteiger partial charge in [0.1, 0.15) is 0 Å². The molecule has 142 valence electrons. The van der Waals surface area contributed by atoms with Gasteiger partial charge in [-0.3, -0.25) is 4.79 Å². The maximum atomic E-state index is 12.4. The lowest BCUT2D eigenvalue weighted by Gasteiger charge is -2.27. The van der Waals surface area contributed by atoms with E-state index in [1.807, 2.05) is 35.2 Å². The van der Waals surface area contributed by atoms with Crippen LogP contribution in [0.15, 0.2) is 59.6 Å². The summed E-state index contributed by atoms with van der Waals surface area (Å²) in [6.07, 6.45) is 3.42. The Balaban J connectivity index is 1.64. The van der Waals surface area contributed by atoms with Crippen molar-refractivity contribution in [1.82, 2.24) is 10.2 Å². The molecule has 3 rings (SSSR count). The van der Waals surface area contributed by atoms with Crippen LogP contribution in [0.25, 0.3) is 0 Å². The molecule has 2 aromatic carbocycles. The number of aliphatic imine (C=N–C) groups is 1. The first kappa shape index (κ1) is 19.0. The van der Waals surface area contributed by atoms with Crippen molar-refractivity contribution in [2.24, 2.45) is 4.99 Å². The maximum Gasteiger partial charge on any atom is 0.241 e. The first-order valence-electron chi connectivity index (χ1n) is 9.64. The molecule has 27 heavy (non-hydrogen) atoms. The zero-order valence-electron chi connectivity index (χ0n) is 15.9. The molecular formula is C22H28N4O. The summed E-state index contributed by atoms with van der Waals surface area (Å²) >= 11 is 0. The van der Waals surface area contributed by atoms with Crippen LogP contribution >= 0.6 is 0 Å². The molecule has 0 spiro atoms. The lowest BCUT2D eigenvalue weighted by atomic mass is 10.1. The summed E-state index contributed by atoms with van der Waals surface area (Å²) in [5.74, 6) is 0.750. The predicted molar refractivity (Wildman–Crippen MR) is 111 cm³/mol. The quantitative estimate of drug-likeness (QED) is 0.630. The number of hydrogen-bond acceptors (Lipinski definition) is 2. The topological polar surface area (TPSA) is 56.7 Å². The number of anilines is 1. The van der Waals surface area contributed by atoms with Crippen molar-refractivity contribution in [3.05, 3.63) is 65.7 Å². The molecule has 1 aliphatic heterocycles. The molecule has 1 heterocycles. The number of amides is 1. The first-order chi connectivity index (χ1) is 13.2. The Morgan fingerprint density at radius 1 is 1.00 bits per heavy atom. The van der Waals surface area contributed by atoms with Gasteiger partial charge in [-0.15, -0.1) is 0 Å². The van der Waals surface area contributed by atoms with Crippen LogP contribution in [-0.2, 0) is 11.3 Å². The van der Waals surface area contributed by atoms with E-state index in [-0.39, 0.29) is 12.5 Å². The second-order valence-electron chi connectivity index (χ2n) is 6.94. The van der Waals surface area contributed by atoms with Gasteiger partial charge in [-0.05, 0) is 43.9 Å². The van der Waals surface area contributed by atoms with Gasteiger partial charge in [0.25, 0.3) is 0 Å². The van der Waals surface area contributed by atoms with E-state index in [1.54, 1.807) is 0 Å². The third kappa shape index (κ3) is 6.13. The number of guanidine groups is 1. The van der Waals surface area contributed by atoms with Crippen LogP contribution in [0.4, 0.5) is 5.69 Å². The second kappa shape index (κ2) is 9.76. The zero-order chi connectivity index (χ0) is 18.9. The molecule has 1 aliphatic rings. The number of benzene rings is 2. The molecule has 0 atom stereocenters. The van der Waals surface area contributed by atoms with Crippen LogP contribution < -0.4 is 10.6 Å². The summed E-state index contributed by atoms with van der Waals surface area (Å²) in [6.45, 7) is 4.61. The highest BCUT2D eigenvalue weighted by Gasteiger charge is 2.16. The van der Waals surface area contributed by atoms with Gasteiger partial charge >= 0.3 is 0 Å². The van der Waals surface area contributed by atoms with Gasteiger partial charge in [-0.25, -0.2) is 4.99 Å². The fourth-order valence-corrected chi connectivity index (χ4v) is 3.08. The minimum atomic E-state index is 0.132. The number of carbonyl (C=O) groups excluding carboxylic acids is 1. The molecule has 0 saturated carbocycles. The van der Waals surface area contributed by atoms with Gasteiger partial charge < -0.3 is 15.5 Å². The lowest BCUT2D eigenvalue weighted by Crippen LogP contribution is -2.44. The normalized spacial score (nSPS) is 14.7. The Bertz CT molecular complexity index is 750. The maximum absolute atomic E-state index is 12.4. The van der Waals surface area contributed by atoms with Gasteiger partial charge in [0.2, 0.25) is 5.91 Å². The van der Waals surface area contributed by atoms with Crippen molar-refractivity contribution in [3.63, 3.8) is 0 Å². The highest BCUT2D eigenvalue weighted by Crippen LogP contribution is 2.09. The fraction of sp³-hybridized carbons (Fsp3) is 0.364. The molecule has 1 fully saturated rings. The van der Waals surface area contributed by atoms with E-state index < -0.39 is 0 Å². The Morgan fingerprint density at radius 2 is 1.70 bits per heavy atom. The number of aryl methyl sites for hydroxylation is 1. The van der Waals surface area contributed by atoms with Gasteiger partial charge in [0.05, 0.1) is 13.1 Å². The first-order valence-corrected chi connectivity index (χ1v) is 9.64. The molecule has 5 nitrogen and oxygen atoms in total. The van der Waals surface area contributed by atoms with E-state index in [4.69, 9.17) is 0 Å². The van der Waals surface area contributed by atoms with Crippen molar-refractivity contribution >= 4 is 17.6 Å². The van der Waals surface area contributed by atoms with Crippen molar-refractivity contribution in [2.45, 2.75) is 32.7 Å². The molecule has 2 aromatic rings. The molecule has 0 radical (unpaired) electrons. The number of piperidine rings is 1. The number of carbonyl (C=O) groups is 1. The summed E-state index contributed by atoms with van der Waals surface area (Å²) in [4.78, 5) is 19.0. The Labute approximate surface area is 161 Å². The van der Waals surface area contributed by atoms with Crippen molar-refractivity contribution in [1.29, 1.82) is 0 Å². The lowest BCUT2D eigenvalue weighted by molar-refractivity contribution is -0.130. The summed E-state index contributed by atoms with van der Waals surface area (Å²) in [7, 11) is 0. The third-order valence-corrected chi connectivity index (χ3v) is 4.69. The Kier molecular flexibility index (Phi) is 6.85. The van der Waals surface area contributed by atoms with E-state index in [0.717, 1.165) is 37.2 Å². The zero-order valence-corrected chi connectivity index (χ0v) is 15.9. The predicted octanol–water partition coefficient (Wildman–Crippen LogP) is 3.57. The number of hydrogen-bond donors (Lipinski definition) is 2. The largest absolute Gasteiger partial charge is 0.347 e. The minimum absolute atomic E-state index is 0.132. The molecule has 0 aliphatic carbocycles. The summed E-state index contributed by atoms with van der Waals surface area (Å²) in [6, 6.07) is 18.2. The smallest absolute Gasteiger partial charge is 0.241 e. The van der Waals surface area contributed by atoms with Crippen molar-refractivity contribution < 1.29 is 4.79 Å². The Morgan fingerprint density at radius 3 is 2.41 bits per heavy atom. The Hall–Kier alpha value is -2.82. The fourth-order valence-electron chi connectivity index (χ4n) is 3.08. The van der Waals surface area contributed by atoms with Gasteiger partial charge in [-0.2, -0.15) is 0 Å². The van der Waals surface area contributed by atoms with Gasteiger partial charge in [-0.1, -0.05) is 48.0 Å². The van der Waals surface area contributed by atoms with Crippen LogP contribution in [0.1, 0.15) is 30.4 Å². The molecule has 0 unspecified atom stereocenters. The van der Waals surface area contributed by atoms with E-state index in [2.05, 4.69) is 46.8 Å². The minimum Gasteiger partial charge on any atom is -0.347 e. The van der Waals surface area contributed by atoms with Crippen molar-refractivity contribution in [2.75, 3.05) is 25.0 Å². The highest BCUT2D eigenvalue weighted by molar-refractivity contribution is 5.95. The van der Waals surface area contributed by atoms with Crippen LogP contribution in [-0.4, -0.2) is 36.4 Å². The van der Waals surface area contributed by atoms with Gasteiger partial charge in [0, 0.05) is 18.8 Å². The summed E-state index contributed by atoms with van der Waals surface area (Å²) in [5, 5.41) is 6.48. The van der Waals surface area contributed by atoms with Crippen LogP contribution in [0.5, 0.6) is 0 Å². The van der Waals surface area contributed by atoms with E-state index in [9.17, 15) is 4.79 Å². The monoisotopic (exact) mass is 364 g/mol. The highest BCUT2D eigenvalue weighted by atomic mass is 16.2. The summed E-state index contributed by atoms with van der Waals surface area (Å²) in [5.41, 5.74) is 3.31. The standard InChI is InChI=1S/C22H28N4O/c1-18-10-12-19(13-11-18)16-23-22(25-20-8-4-2-5-9-20)24-17-21(27)26-14-6-3-7-15-26/h2,4-5,8-13H,3,6-7,14-17H2,1H3,(H2,23,24,25). The number of para-hydroxylation sites is 1. The third-order valence-electron chi connectivity index (χ3n) is 4.69. The average Bonchev–Trinajstić information content (AvgIpc) is 2.72. The molecule has 0 bridgehead atoms. The number of likely N-dealkylation sites (tertiary alicyclic amines) is 1. The van der Waals surface area contributed by atoms with Gasteiger partial charge in [0.15, 0.2) is 5.96 Å². The van der Waals surface area contributed by atoms with Crippen LogP contribution in [0, 0.1) is 6.92 Å². The molecule has 1 amide bonds. The van der Waals surface area contributed by atoms with E-state index in [1.165, 1.54) is 12.0 Å². The number of rotatable bonds is 5. The molecule has 2 N–H and O–H groups in total. The van der Waals surface area contributed by atoms with E-state index in [0.29, 0.717) is 12.5 Å². The molecule has 1 saturated heterocycles. The molecular weight excluding hydrogens is 336 g/mol. The number of nitrogens with zero attached hydrogens (tertiary/aromatic N) is 2. The SMILES string of the molecule is Cc1ccc(CN=C(NCC(=O)N2CCCCC2)Nc2ccccc2)cc1. The summed E-state index contributed by atoms with van der Waals surface area (Å²) < 4.78 is 0. The number of nitrogens with one attached hydrogen (secondary N) is 2. The average molecular weight is 364 g/mol. The van der Waals surface area contributed by atoms with Crippen molar-refractivity contribution in [3.8, 4) is 0 Å². The molecule has 0 aromatic heterocycles. The van der Waals surface area contributed by atoms with Crippen LogP contribution in [0.3, 0.4) is 0 Å².